The Bertz CT molecular complexity index is 614. The van der Waals surface area contributed by atoms with Gasteiger partial charge in [0.05, 0.1) is 15.6 Å². The smallest absolute Gasteiger partial charge is 0.271 e. The van der Waals surface area contributed by atoms with Crippen LogP contribution in [0.5, 0.6) is 0 Å². The van der Waals surface area contributed by atoms with Crippen LogP contribution < -0.4 is 10.2 Å². The van der Waals surface area contributed by atoms with Crippen LogP contribution in [-0.4, -0.2) is 30.0 Å². The molecule has 1 amide bonds. The molecule has 7 heteroatoms. The first-order valence-corrected chi connectivity index (χ1v) is 8.33. The number of rotatable bonds is 4. The maximum absolute atomic E-state index is 11.8. The van der Waals surface area contributed by atoms with E-state index < -0.39 is 4.92 Å². The molecular weight excluding hydrogens is 318 g/mol. The van der Waals surface area contributed by atoms with E-state index in [-0.39, 0.29) is 23.6 Å². The summed E-state index contributed by atoms with van der Waals surface area (Å²) in [5.41, 5.74) is 1.69. The van der Waals surface area contributed by atoms with E-state index in [0.29, 0.717) is 5.02 Å². The molecule has 1 aromatic carbocycles. The Morgan fingerprint density at radius 3 is 2.48 bits per heavy atom. The van der Waals surface area contributed by atoms with Crippen molar-refractivity contribution in [3.63, 3.8) is 0 Å². The van der Waals surface area contributed by atoms with Crippen molar-refractivity contribution in [2.45, 2.75) is 38.6 Å². The second-order valence-electron chi connectivity index (χ2n) is 6.39. The van der Waals surface area contributed by atoms with Crippen LogP contribution in [-0.2, 0) is 4.79 Å². The summed E-state index contributed by atoms with van der Waals surface area (Å²) in [5.74, 6) is 0.424. The number of benzene rings is 1. The topological polar surface area (TPSA) is 75.5 Å². The Morgan fingerprint density at radius 2 is 1.96 bits per heavy atom. The lowest BCUT2D eigenvalue weighted by Crippen LogP contribution is -2.45. The molecule has 2 fully saturated rings. The van der Waals surface area contributed by atoms with Gasteiger partial charge in [-0.1, -0.05) is 11.6 Å². The second kappa shape index (κ2) is 6.35. The van der Waals surface area contributed by atoms with E-state index in [2.05, 4.69) is 10.2 Å². The number of anilines is 1. The van der Waals surface area contributed by atoms with Crippen LogP contribution in [0.3, 0.4) is 0 Å². The van der Waals surface area contributed by atoms with Gasteiger partial charge in [0, 0.05) is 37.2 Å². The molecule has 0 unspecified atom stereocenters. The van der Waals surface area contributed by atoms with Gasteiger partial charge in [0.25, 0.3) is 5.69 Å². The lowest BCUT2D eigenvalue weighted by atomic mass is 10.0. The summed E-state index contributed by atoms with van der Waals surface area (Å²) < 4.78 is 0. The molecule has 1 saturated heterocycles. The number of hydrogen-bond acceptors (Lipinski definition) is 4. The normalized spacial score (nSPS) is 18.8. The predicted octanol–water partition coefficient (Wildman–Crippen LogP) is 3.05. The first-order valence-electron chi connectivity index (χ1n) is 7.95. The fraction of sp³-hybridized carbons (Fsp3) is 0.562. The maximum atomic E-state index is 11.8. The molecule has 3 rings (SSSR count). The molecule has 2 aliphatic rings. The highest BCUT2D eigenvalue weighted by molar-refractivity contribution is 6.33. The maximum Gasteiger partial charge on any atom is 0.271 e. The zero-order valence-electron chi connectivity index (χ0n) is 13.0. The van der Waals surface area contributed by atoms with Crippen molar-refractivity contribution in [3.05, 3.63) is 32.8 Å². The largest absolute Gasteiger partial charge is 0.370 e. The molecule has 6 nitrogen and oxygen atoms in total. The average Bonchev–Trinajstić information content (AvgIpc) is 3.32. The molecule has 1 aliphatic heterocycles. The quantitative estimate of drug-likeness (QED) is 0.676. The van der Waals surface area contributed by atoms with Crippen molar-refractivity contribution in [3.8, 4) is 0 Å². The van der Waals surface area contributed by atoms with Gasteiger partial charge in [-0.25, -0.2) is 0 Å². The first-order chi connectivity index (χ1) is 11.0. The van der Waals surface area contributed by atoms with Gasteiger partial charge >= 0.3 is 0 Å². The molecule has 23 heavy (non-hydrogen) atoms. The van der Waals surface area contributed by atoms with E-state index in [1.165, 1.54) is 6.07 Å². The molecule has 0 atom stereocenters. The van der Waals surface area contributed by atoms with Gasteiger partial charge in [-0.3, -0.25) is 14.9 Å². The molecule has 1 N–H and O–H groups in total. The Balaban J connectivity index is 1.65. The van der Waals surface area contributed by atoms with Crippen molar-refractivity contribution < 1.29 is 9.72 Å². The predicted molar refractivity (Wildman–Crippen MR) is 88.9 cm³/mol. The number of carbonyl (C=O) groups excluding carboxylic acids is 1. The number of amides is 1. The highest BCUT2D eigenvalue weighted by atomic mass is 35.5. The molecule has 1 heterocycles. The van der Waals surface area contributed by atoms with Gasteiger partial charge in [0.2, 0.25) is 5.91 Å². The Labute approximate surface area is 139 Å². The van der Waals surface area contributed by atoms with E-state index in [9.17, 15) is 14.9 Å². The molecule has 0 radical (unpaired) electrons. The van der Waals surface area contributed by atoms with Crippen LogP contribution >= 0.6 is 11.6 Å². The summed E-state index contributed by atoms with van der Waals surface area (Å²) in [7, 11) is 0. The van der Waals surface area contributed by atoms with Crippen LogP contribution in [0, 0.1) is 23.0 Å². The van der Waals surface area contributed by atoms with Crippen molar-refractivity contribution in [2.24, 2.45) is 5.92 Å². The van der Waals surface area contributed by atoms with E-state index in [1.807, 2.05) is 6.92 Å². The summed E-state index contributed by atoms with van der Waals surface area (Å²) in [4.78, 5) is 24.4. The zero-order valence-corrected chi connectivity index (χ0v) is 13.8. The zero-order chi connectivity index (χ0) is 16.6. The lowest BCUT2D eigenvalue weighted by molar-refractivity contribution is -0.384. The first kappa shape index (κ1) is 16.1. The highest BCUT2D eigenvalue weighted by Gasteiger charge is 2.32. The number of aryl methyl sites for hydroxylation is 1. The van der Waals surface area contributed by atoms with E-state index >= 15 is 0 Å². The molecular formula is C16H20ClN3O3. The van der Waals surface area contributed by atoms with Gasteiger partial charge in [-0.2, -0.15) is 0 Å². The summed E-state index contributed by atoms with van der Waals surface area (Å²) in [6, 6.07) is 3.18. The Hall–Kier alpha value is -1.82. The summed E-state index contributed by atoms with van der Waals surface area (Å²) in [5, 5.41) is 14.4. The van der Waals surface area contributed by atoms with E-state index in [1.54, 1.807) is 6.07 Å². The minimum atomic E-state index is -0.428. The third-order valence-electron chi connectivity index (χ3n) is 4.56. The van der Waals surface area contributed by atoms with Crippen molar-refractivity contribution in [1.29, 1.82) is 0 Å². The fourth-order valence-electron chi connectivity index (χ4n) is 3.14. The van der Waals surface area contributed by atoms with Crippen molar-refractivity contribution in [1.82, 2.24) is 5.32 Å². The van der Waals surface area contributed by atoms with Gasteiger partial charge in [0.15, 0.2) is 0 Å². The number of hydrogen-bond donors (Lipinski definition) is 1. The van der Waals surface area contributed by atoms with Crippen LogP contribution in [0.4, 0.5) is 11.4 Å². The number of carbonyl (C=O) groups is 1. The third kappa shape index (κ3) is 3.58. The standard InChI is InChI=1S/C16H20ClN3O3/c1-10-8-13(20(22)23)9-14(17)15(10)19-6-4-12(5-7-19)18-16(21)11-2-3-11/h8-9,11-12H,2-7H2,1H3,(H,18,21). The Morgan fingerprint density at radius 1 is 1.30 bits per heavy atom. The number of halogens is 1. The minimum Gasteiger partial charge on any atom is -0.370 e. The van der Waals surface area contributed by atoms with Gasteiger partial charge in [-0.05, 0) is 38.2 Å². The number of nitrogens with zero attached hydrogens (tertiary/aromatic N) is 2. The summed E-state index contributed by atoms with van der Waals surface area (Å²) in [6.45, 7) is 3.41. The molecule has 124 valence electrons. The minimum absolute atomic E-state index is 0.0165. The molecule has 0 aromatic heterocycles. The van der Waals surface area contributed by atoms with Crippen LogP contribution in [0.25, 0.3) is 0 Å². The monoisotopic (exact) mass is 337 g/mol. The average molecular weight is 338 g/mol. The van der Waals surface area contributed by atoms with Crippen LogP contribution in [0.2, 0.25) is 5.02 Å². The van der Waals surface area contributed by atoms with E-state index in [4.69, 9.17) is 11.6 Å². The summed E-state index contributed by atoms with van der Waals surface area (Å²) in [6.07, 6.45) is 3.76. The molecule has 1 saturated carbocycles. The van der Waals surface area contributed by atoms with Gasteiger partial charge < -0.3 is 10.2 Å². The number of piperidine rings is 1. The Kier molecular flexibility index (Phi) is 4.43. The third-order valence-corrected chi connectivity index (χ3v) is 4.84. The SMILES string of the molecule is Cc1cc([N+](=O)[O-])cc(Cl)c1N1CCC(NC(=O)C2CC2)CC1. The van der Waals surface area contributed by atoms with Crippen molar-refractivity contribution >= 4 is 28.9 Å². The number of nitrogens with one attached hydrogen (secondary N) is 1. The number of nitro groups is 1. The molecule has 1 aromatic rings. The van der Waals surface area contributed by atoms with E-state index in [0.717, 1.165) is 50.0 Å². The van der Waals surface area contributed by atoms with Crippen LogP contribution in [0.15, 0.2) is 12.1 Å². The molecule has 0 bridgehead atoms. The molecule has 1 aliphatic carbocycles. The highest BCUT2D eigenvalue weighted by Crippen LogP contribution is 2.35. The second-order valence-corrected chi connectivity index (χ2v) is 6.80. The fourth-order valence-corrected chi connectivity index (χ4v) is 3.52. The number of non-ortho nitro benzene ring substituents is 1. The lowest BCUT2D eigenvalue weighted by Gasteiger charge is -2.35. The van der Waals surface area contributed by atoms with Gasteiger partial charge in [-0.15, -0.1) is 0 Å². The number of nitro benzene ring substituents is 1. The van der Waals surface area contributed by atoms with Gasteiger partial charge in [0.1, 0.15) is 0 Å². The van der Waals surface area contributed by atoms with Crippen molar-refractivity contribution in [2.75, 3.05) is 18.0 Å². The van der Waals surface area contributed by atoms with Crippen LogP contribution in [0.1, 0.15) is 31.2 Å². The molecule has 0 spiro atoms. The summed E-state index contributed by atoms with van der Waals surface area (Å²) >= 11 is 6.27.